The van der Waals surface area contributed by atoms with E-state index in [0.717, 1.165) is 57.0 Å². The fourth-order valence-electron chi connectivity index (χ4n) is 18.3. The van der Waals surface area contributed by atoms with Crippen molar-refractivity contribution in [1.29, 1.82) is 0 Å². The summed E-state index contributed by atoms with van der Waals surface area (Å²) >= 11 is 0. The molecule has 128 heavy (non-hydrogen) atoms. The van der Waals surface area contributed by atoms with Crippen LogP contribution in [0.2, 0.25) is 0 Å². The van der Waals surface area contributed by atoms with Crippen LogP contribution in [-0.4, -0.2) is 0 Å². The van der Waals surface area contributed by atoms with Crippen molar-refractivity contribution >= 4 is 98.8 Å². The number of halogens is 18. The van der Waals surface area contributed by atoms with Crippen molar-refractivity contribution < 1.29 is 79.0 Å². The fourth-order valence-corrected chi connectivity index (χ4v) is 18.3. The number of hydrogen-bond acceptors (Lipinski definition) is 2. The van der Waals surface area contributed by atoms with Crippen molar-refractivity contribution in [1.82, 2.24) is 0 Å². The van der Waals surface area contributed by atoms with Gasteiger partial charge in [-0.15, -0.1) is 0 Å². The topological polar surface area (TPSA) is 6.48 Å². The van der Waals surface area contributed by atoms with Crippen molar-refractivity contribution in [3.63, 3.8) is 0 Å². The molecule has 18 rings (SSSR count). The summed E-state index contributed by atoms with van der Waals surface area (Å²) in [6.45, 7) is 8.56. The zero-order valence-electron chi connectivity index (χ0n) is 68.7. The Balaban J connectivity index is 0.774. The van der Waals surface area contributed by atoms with Crippen LogP contribution in [0.15, 0.2) is 315 Å². The van der Waals surface area contributed by atoms with E-state index >= 15 is 79.0 Å². The predicted molar refractivity (Wildman–Crippen MR) is 477 cm³/mol. The van der Waals surface area contributed by atoms with Gasteiger partial charge in [-0.3, -0.25) is 0 Å². The van der Waals surface area contributed by atoms with Gasteiger partial charge in [-0.2, -0.15) is 79.0 Å². The Bertz CT molecular complexity index is 7270. The summed E-state index contributed by atoms with van der Waals surface area (Å²) in [5.41, 5.74) is -10.2. The van der Waals surface area contributed by atoms with E-state index in [1.165, 1.54) is 126 Å². The first kappa shape index (κ1) is 84.7. The predicted octanol–water partition coefficient (Wildman–Crippen LogP) is 35.2. The van der Waals surface area contributed by atoms with Crippen LogP contribution < -0.4 is 9.80 Å². The number of rotatable bonds is 13. The molecule has 0 unspecified atom stereocenters. The van der Waals surface area contributed by atoms with Gasteiger partial charge in [0, 0.05) is 34.1 Å². The second-order valence-corrected chi connectivity index (χ2v) is 32.4. The Morgan fingerprint density at radius 2 is 0.359 bits per heavy atom. The maximum atomic E-state index is 16.7. The van der Waals surface area contributed by atoms with Gasteiger partial charge in [-0.05, 0) is 308 Å². The molecule has 0 fully saturated rings. The lowest BCUT2D eigenvalue weighted by atomic mass is 9.87. The van der Waals surface area contributed by atoms with E-state index < -0.39 is 92.9 Å². The summed E-state index contributed by atoms with van der Waals surface area (Å²) in [6, 6.07) is 77.1. The quantitative estimate of drug-likeness (QED) is 0.106. The number of benzene rings is 18. The summed E-state index contributed by atoms with van der Waals surface area (Å²) in [5, 5.41) is 6.14. The van der Waals surface area contributed by atoms with Gasteiger partial charge >= 0.3 is 37.1 Å². The van der Waals surface area contributed by atoms with Crippen molar-refractivity contribution in [3.8, 4) is 77.9 Å². The van der Waals surface area contributed by atoms with Gasteiger partial charge < -0.3 is 9.80 Å². The molecule has 0 aromatic heterocycles. The van der Waals surface area contributed by atoms with Crippen LogP contribution in [0, 0.1) is 41.5 Å². The van der Waals surface area contributed by atoms with Crippen LogP contribution in [0.5, 0.6) is 0 Å². The van der Waals surface area contributed by atoms with E-state index in [0.29, 0.717) is 59.6 Å². The molecular weight excluding hydrogens is 1670 g/mol. The molecule has 20 heteroatoms. The van der Waals surface area contributed by atoms with Gasteiger partial charge in [0.05, 0.1) is 33.4 Å². The first-order valence-electron chi connectivity index (χ1n) is 40.7. The highest BCUT2D eigenvalue weighted by molar-refractivity contribution is 6.11. The third kappa shape index (κ3) is 15.4. The minimum Gasteiger partial charge on any atom is -0.310 e. The van der Waals surface area contributed by atoms with Crippen LogP contribution in [-0.2, 0) is 37.1 Å². The molecule has 0 radical (unpaired) electrons. The summed E-state index contributed by atoms with van der Waals surface area (Å²) < 4.78 is 292. The highest BCUT2D eigenvalue weighted by atomic mass is 19.4. The van der Waals surface area contributed by atoms with Crippen LogP contribution >= 0.6 is 0 Å². The van der Waals surface area contributed by atoms with Crippen molar-refractivity contribution in [3.05, 3.63) is 382 Å². The highest BCUT2D eigenvalue weighted by Crippen LogP contribution is 2.56. The standard InChI is InChI=1S/C108H70F18N2/c1-59-44-85(72-40-38-65-20-7-9-24-69(65)50-72)91(103(109,110)111)53-97(59)127(98-54-92(104(112,113)114)86(45-60(98)2)73-41-39-66-21-8-10-25-70(66)51-73)99-55-93(105(115,116)117)87(46-61(99)3)74-42-43-77-71(52-74)28-17-31-78(77)81-34-18-36-83-82(81)35-19-37-84(83)90-49-64(6)102(58-96(90)108(124,125)126)128(100-56-94(106(118,119)120)88(47-62(100)4)79-32-15-26-67-22-11-13-29-75(67)79)101-57-95(107(121,122)123)89(48-63(101)5)80-33-16-27-68-23-12-14-30-76(68)80/h7-58H,1-6H3. The normalized spacial score (nSPS) is 12.5. The summed E-state index contributed by atoms with van der Waals surface area (Å²) in [7, 11) is 0. The van der Waals surface area contributed by atoms with Gasteiger partial charge in [-0.25, -0.2) is 0 Å². The number of anilines is 6. The van der Waals surface area contributed by atoms with Gasteiger partial charge in [0.15, 0.2) is 0 Å². The minimum absolute atomic E-state index is 0.00254. The molecule has 0 N–H and O–H groups in total. The maximum Gasteiger partial charge on any atom is 0.417 e. The number of fused-ring (bicyclic) bond motifs is 6. The summed E-state index contributed by atoms with van der Waals surface area (Å²) in [5.74, 6) is 0. The van der Waals surface area contributed by atoms with Gasteiger partial charge in [0.2, 0.25) is 0 Å². The van der Waals surface area contributed by atoms with Crippen LogP contribution in [0.4, 0.5) is 113 Å². The third-order valence-electron chi connectivity index (χ3n) is 24.3. The molecule has 0 aliphatic rings. The van der Waals surface area contributed by atoms with E-state index in [2.05, 4.69) is 0 Å². The molecule has 0 atom stereocenters. The largest absolute Gasteiger partial charge is 0.417 e. The third-order valence-corrected chi connectivity index (χ3v) is 24.3. The zero-order chi connectivity index (χ0) is 90.3. The molecule has 638 valence electrons. The van der Waals surface area contributed by atoms with Crippen LogP contribution in [0.25, 0.3) is 143 Å². The molecule has 2 nitrogen and oxygen atoms in total. The molecular formula is C108H70F18N2. The first-order valence-corrected chi connectivity index (χ1v) is 40.7. The lowest BCUT2D eigenvalue weighted by molar-refractivity contribution is -0.138. The average molecular weight is 1740 g/mol. The number of hydrogen-bond donors (Lipinski definition) is 0. The maximum absolute atomic E-state index is 16.7. The van der Waals surface area contributed by atoms with E-state index in [1.54, 1.807) is 194 Å². The smallest absolute Gasteiger partial charge is 0.310 e. The first-order chi connectivity index (χ1) is 60.7. The molecule has 0 saturated carbocycles. The van der Waals surface area contributed by atoms with E-state index in [1.807, 2.05) is 0 Å². The lowest BCUT2D eigenvalue weighted by Crippen LogP contribution is -2.19. The van der Waals surface area contributed by atoms with E-state index in [9.17, 15) is 0 Å². The second-order valence-electron chi connectivity index (χ2n) is 32.4. The molecule has 0 aliphatic carbocycles. The van der Waals surface area contributed by atoms with E-state index in [-0.39, 0.29) is 117 Å². The highest BCUT2D eigenvalue weighted by Gasteiger charge is 2.44. The minimum atomic E-state index is -5.29. The Hall–Kier alpha value is -14.1. The van der Waals surface area contributed by atoms with Crippen LogP contribution in [0.1, 0.15) is 66.8 Å². The van der Waals surface area contributed by atoms with Crippen LogP contribution in [0.3, 0.4) is 0 Å². The Kier molecular flexibility index (Phi) is 20.8. The lowest BCUT2D eigenvalue weighted by Gasteiger charge is -2.33. The molecule has 0 bridgehead atoms. The summed E-state index contributed by atoms with van der Waals surface area (Å²) in [4.78, 5) is 2.06. The van der Waals surface area contributed by atoms with Gasteiger partial charge in [0.25, 0.3) is 0 Å². The molecule has 18 aromatic carbocycles. The molecule has 0 heterocycles. The van der Waals surface area contributed by atoms with Gasteiger partial charge in [0.1, 0.15) is 0 Å². The van der Waals surface area contributed by atoms with Gasteiger partial charge in [-0.1, -0.05) is 224 Å². The van der Waals surface area contributed by atoms with E-state index in [4.69, 9.17) is 0 Å². The molecule has 0 amide bonds. The molecule has 0 aliphatic heterocycles. The van der Waals surface area contributed by atoms with Crippen molar-refractivity contribution in [2.24, 2.45) is 0 Å². The SMILES string of the molecule is Cc1cc(-c2ccc3ccccc3c2)c(C(F)(F)F)cc1N(c1cc(C(F)(F)F)c(-c2ccc3ccccc3c2)cc1C)c1cc(C(F)(F)F)c(-c2ccc3c(-c4cccc5c(-c6cc(C)c(N(c7cc(C(F)(F)F)c(-c8cccc9ccccc89)cc7C)c7cc(C(F)(F)F)c(-c8cccc9ccccc89)cc7C)cc6C(F)(F)F)cccc45)cccc3c2)cc1C. The number of alkyl halides is 18. The number of aryl methyl sites for hydroxylation is 6. The fraction of sp³-hybridized carbons (Fsp3) is 0.111. The number of nitrogens with zero attached hydrogens (tertiary/aromatic N) is 2. The monoisotopic (exact) mass is 1740 g/mol. The van der Waals surface area contributed by atoms with Crippen molar-refractivity contribution in [2.75, 3.05) is 9.80 Å². The van der Waals surface area contributed by atoms with Crippen molar-refractivity contribution in [2.45, 2.75) is 78.6 Å². The Morgan fingerprint density at radius 1 is 0.156 bits per heavy atom. The second kappa shape index (κ2) is 31.5. The Morgan fingerprint density at radius 3 is 0.672 bits per heavy atom. The summed E-state index contributed by atoms with van der Waals surface area (Å²) in [6.07, 6.45) is -31.1. The molecule has 0 spiro atoms. The zero-order valence-corrected chi connectivity index (χ0v) is 68.7. The molecule has 0 saturated heterocycles. The average Bonchev–Trinajstić information content (AvgIpc) is 0.739. The Labute approximate surface area is 722 Å². The molecule has 18 aromatic rings.